The first kappa shape index (κ1) is 20.6. The molecule has 7 heteroatoms. The first-order chi connectivity index (χ1) is 15.8. The summed E-state index contributed by atoms with van der Waals surface area (Å²) in [5, 5.41) is 19.9. The molecular weight excluding hydrogens is 431 g/mol. The smallest absolute Gasteiger partial charge is 0.416 e. The van der Waals surface area contributed by atoms with Gasteiger partial charge in [-0.3, -0.25) is 4.79 Å². The van der Waals surface area contributed by atoms with Crippen LogP contribution >= 0.6 is 0 Å². The third-order valence-electron chi connectivity index (χ3n) is 5.74. The molecule has 4 nitrogen and oxygen atoms in total. The molecular formula is C26H14F3NO3. The van der Waals surface area contributed by atoms with Gasteiger partial charge in [-0.25, -0.2) is 0 Å². The number of benzene rings is 3. The molecule has 4 aromatic rings. The van der Waals surface area contributed by atoms with Crippen LogP contribution in [0.4, 0.5) is 13.2 Å². The van der Waals surface area contributed by atoms with Crippen LogP contribution in [-0.2, 0) is 6.18 Å². The SMILES string of the molecule is N#CC1=Cc2c(oc3cc(O)ccc3c2=O)C(c2ccc(C(F)(F)F)cc2)c2ccccc21. The summed E-state index contributed by atoms with van der Waals surface area (Å²) in [4.78, 5) is 13.4. The Morgan fingerprint density at radius 3 is 2.42 bits per heavy atom. The van der Waals surface area contributed by atoms with Crippen LogP contribution in [0.1, 0.15) is 39.5 Å². The van der Waals surface area contributed by atoms with Gasteiger partial charge in [0.1, 0.15) is 17.1 Å². The van der Waals surface area contributed by atoms with Gasteiger partial charge in [0.15, 0.2) is 5.43 Å². The minimum atomic E-state index is -4.49. The molecule has 1 atom stereocenters. The number of hydrogen-bond donors (Lipinski definition) is 1. The molecule has 5 rings (SSSR count). The van der Waals surface area contributed by atoms with Crippen LogP contribution in [-0.4, -0.2) is 5.11 Å². The van der Waals surface area contributed by atoms with Crippen molar-refractivity contribution in [1.82, 2.24) is 0 Å². The quantitative estimate of drug-likeness (QED) is 0.386. The number of rotatable bonds is 1. The third-order valence-corrected chi connectivity index (χ3v) is 5.74. The topological polar surface area (TPSA) is 74.2 Å². The fourth-order valence-corrected chi connectivity index (χ4v) is 4.21. The molecule has 3 aromatic carbocycles. The normalized spacial score (nSPS) is 15.2. The Morgan fingerprint density at radius 1 is 1.00 bits per heavy atom. The second kappa shape index (κ2) is 7.38. The zero-order chi connectivity index (χ0) is 23.3. The number of phenols is 1. The lowest BCUT2D eigenvalue weighted by Crippen LogP contribution is -2.14. The first-order valence-electron chi connectivity index (χ1n) is 9.96. The fourth-order valence-electron chi connectivity index (χ4n) is 4.21. The van der Waals surface area contributed by atoms with Crippen molar-refractivity contribution < 1.29 is 22.7 Å². The average Bonchev–Trinajstić information content (AvgIpc) is 2.93. The molecule has 1 aliphatic carbocycles. The zero-order valence-electron chi connectivity index (χ0n) is 16.9. The predicted octanol–water partition coefficient (Wildman–Crippen LogP) is 6.08. The Bertz CT molecular complexity index is 1540. The largest absolute Gasteiger partial charge is 0.508 e. The maximum absolute atomic E-state index is 13.4. The first-order valence-corrected chi connectivity index (χ1v) is 9.96. The van der Waals surface area contributed by atoms with E-state index in [4.69, 9.17) is 4.42 Å². The van der Waals surface area contributed by atoms with Gasteiger partial charge in [-0.1, -0.05) is 36.4 Å². The van der Waals surface area contributed by atoms with E-state index in [-0.39, 0.29) is 33.6 Å². The monoisotopic (exact) mass is 445 g/mol. The highest BCUT2D eigenvalue weighted by molar-refractivity contribution is 5.94. The highest BCUT2D eigenvalue weighted by Gasteiger charge is 2.33. The third kappa shape index (κ3) is 3.37. The number of halogens is 3. The molecule has 162 valence electrons. The number of hydrogen-bond acceptors (Lipinski definition) is 4. The van der Waals surface area contributed by atoms with Gasteiger partial charge in [0.25, 0.3) is 0 Å². The van der Waals surface area contributed by atoms with E-state index >= 15 is 0 Å². The summed E-state index contributed by atoms with van der Waals surface area (Å²) in [7, 11) is 0. The van der Waals surface area contributed by atoms with E-state index in [0.29, 0.717) is 16.7 Å². The van der Waals surface area contributed by atoms with E-state index in [0.717, 1.165) is 12.1 Å². The van der Waals surface area contributed by atoms with Crippen molar-refractivity contribution in [2.75, 3.05) is 0 Å². The summed E-state index contributed by atoms with van der Waals surface area (Å²) in [5.74, 6) is -0.658. The lowest BCUT2D eigenvalue weighted by Gasteiger charge is -2.20. The summed E-state index contributed by atoms with van der Waals surface area (Å²) in [6, 6.07) is 17.8. The Labute approximate surface area is 185 Å². The zero-order valence-corrected chi connectivity index (χ0v) is 16.9. The summed E-state index contributed by atoms with van der Waals surface area (Å²) < 4.78 is 45.5. The molecule has 0 saturated carbocycles. The minimum Gasteiger partial charge on any atom is -0.508 e. The van der Waals surface area contributed by atoms with Crippen molar-refractivity contribution in [3.05, 3.63) is 111 Å². The summed E-state index contributed by atoms with van der Waals surface area (Å²) >= 11 is 0. The van der Waals surface area contributed by atoms with Gasteiger partial charge in [-0.2, -0.15) is 18.4 Å². The second-order valence-corrected chi connectivity index (χ2v) is 7.70. The molecule has 0 saturated heterocycles. The van der Waals surface area contributed by atoms with E-state index in [1.165, 1.54) is 36.4 Å². The standard InChI is InChI=1S/C26H14F3NO3/c27-26(28,29)16-7-5-14(6-8-16)23-19-4-2-1-3-18(19)15(13-30)11-21-24(32)20-10-9-17(31)12-22(20)33-25(21)23/h1-12,23,31H. The van der Waals surface area contributed by atoms with Crippen LogP contribution in [0.3, 0.4) is 0 Å². The van der Waals surface area contributed by atoms with E-state index in [2.05, 4.69) is 6.07 Å². The molecule has 0 spiro atoms. The molecule has 1 heterocycles. The number of nitrogens with zero attached hydrogens (tertiary/aromatic N) is 1. The van der Waals surface area contributed by atoms with Crippen molar-refractivity contribution in [3.8, 4) is 11.8 Å². The summed E-state index contributed by atoms with van der Waals surface area (Å²) in [5.41, 5.74) is 0.971. The summed E-state index contributed by atoms with van der Waals surface area (Å²) in [6.07, 6.45) is -3.04. The molecule has 1 N–H and O–H groups in total. The number of fused-ring (bicyclic) bond motifs is 3. The molecule has 0 aliphatic heterocycles. The molecule has 33 heavy (non-hydrogen) atoms. The van der Waals surface area contributed by atoms with Crippen LogP contribution in [0.15, 0.2) is 75.9 Å². The number of allylic oxidation sites excluding steroid dienone is 1. The van der Waals surface area contributed by atoms with Gasteiger partial charge < -0.3 is 9.52 Å². The molecule has 1 aliphatic rings. The van der Waals surface area contributed by atoms with Crippen molar-refractivity contribution in [3.63, 3.8) is 0 Å². The van der Waals surface area contributed by atoms with Gasteiger partial charge in [0, 0.05) is 6.07 Å². The van der Waals surface area contributed by atoms with Crippen LogP contribution < -0.4 is 5.43 Å². The Kier molecular flexibility index (Phi) is 4.61. The predicted molar refractivity (Wildman–Crippen MR) is 116 cm³/mol. The number of aromatic hydroxyl groups is 1. The van der Waals surface area contributed by atoms with Crippen molar-refractivity contribution in [2.45, 2.75) is 12.1 Å². The van der Waals surface area contributed by atoms with Crippen molar-refractivity contribution in [2.24, 2.45) is 0 Å². The Hall–Kier alpha value is -4.31. The van der Waals surface area contributed by atoms with E-state index < -0.39 is 23.1 Å². The van der Waals surface area contributed by atoms with Crippen LogP contribution in [0.5, 0.6) is 5.75 Å². The van der Waals surface area contributed by atoms with Crippen LogP contribution in [0, 0.1) is 11.3 Å². The lowest BCUT2D eigenvalue weighted by molar-refractivity contribution is -0.137. The van der Waals surface area contributed by atoms with Gasteiger partial charge in [0.05, 0.1) is 34.1 Å². The molecule has 0 bridgehead atoms. The minimum absolute atomic E-state index is 0.0982. The average molecular weight is 445 g/mol. The number of alkyl halides is 3. The Balaban J connectivity index is 1.87. The van der Waals surface area contributed by atoms with Crippen LogP contribution in [0.2, 0.25) is 0 Å². The maximum atomic E-state index is 13.4. The van der Waals surface area contributed by atoms with Gasteiger partial charge in [0.2, 0.25) is 0 Å². The van der Waals surface area contributed by atoms with E-state index in [1.807, 2.05) is 0 Å². The fraction of sp³-hybridized carbons (Fsp3) is 0.0769. The number of phenolic OH excluding ortho intramolecular Hbond substituents is 1. The van der Waals surface area contributed by atoms with Crippen molar-refractivity contribution >= 4 is 22.6 Å². The molecule has 0 amide bonds. The molecule has 0 fully saturated rings. The summed E-state index contributed by atoms with van der Waals surface area (Å²) in [6.45, 7) is 0. The highest BCUT2D eigenvalue weighted by atomic mass is 19.4. The van der Waals surface area contributed by atoms with Crippen LogP contribution in [0.25, 0.3) is 22.6 Å². The van der Waals surface area contributed by atoms with E-state index in [1.54, 1.807) is 24.3 Å². The van der Waals surface area contributed by atoms with Gasteiger partial charge >= 0.3 is 6.18 Å². The van der Waals surface area contributed by atoms with Crippen molar-refractivity contribution in [1.29, 1.82) is 5.26 Å². The molecule has 1 unspecified atom stereocenters. The van der Waals surface area contributed by atoms with Gasteiger partial charge in [-0.05, 0) is 47.0 Å². The maximum Gasteiger partial charge on any atom is 0.416 e. The Morgan fingerprint density at radius 2 is 1.73 bits per heavy atom. The molecule has 1 aromatic heterocycles. The number of nitriles is 1. The van der Waals surface area contributed by atoms with E-state index in [9.17, 15) is 28.3 Å². The van der Waals surface area contributed by atoms with Gasteiger partial charge in [-0.15, -0.1) is 0 Å². The highest BCUT2D eigenvalue weighted by Crippen LogP contribution is 2.42. The second-order valence-electron chi connectivity index (χ2n) is 7.70. The molecule has 0 radical (unpaired) electrons. The lowest BCUT2D eigenvalue weighted by atomic mass is 9.85.